The van der Waals surface area contributed by atoms with Crippen LogP contribution in [-0.2, 0) is 6.42 Å². The van der Waals surface area contributed by atoms with E-state index in [1.807, 2.05) is 6.07 Å². The van der Waals surface area contributed by atoms with E-state index in [9.17, 15) is 9.50 Å². The predicted molar refractivity (Wildman–Crippen MR) is 70.3 cm³/mol. The van der Waals surface area contributed by atoms with Crippen molar-refractivity contribution in [3.63, 3.8) is 0 Å². The first kappa shape index (κ1) is 13.0. The van der Waals surface area contributed by atoms with Gasteiger partial charge in [-0.05, 0) is 36.0 Å². The van der Waals surface area contributed by atoms with Gasteiger partial charge in [-0.2, -0.15) is 0 Å². The smallest absolute Gasteiger partial charge is 0.127 e. The molecule has 1 fully saturated rings. The van der Waals surface area contributed by atoms with Crippen LogP contribution in [0.25, 0.3) is 0 Å². The quantitative estimate of drug-likeness (QED) is 0.897. The van der Waals surface area contributed by atoms with E-state index in [-0.39, 0.29) is 5.82 Å². The number of halogens is 2. The summed E-state index contributed by atoms with van der Waals surface area (Å²) in [6.45, 7) is 2.18. The third-order valence-electron chi connectivity index (χ3n) is 3.87. The standard InChI is InChI=1S/C14H18BrFO/c1-9-3-2-4-12(9)14(17)7-10-5-6-11(15)8-13(10)16/h5-6,8-9,12,14,17H,2-4,7H2,1H3. The summed E-state index contributed by atoms with van der Waals surface area (Å²) in [5.74, 6) is 0.658. The maximum atomic E-state index is 13.7. The lowest BCUT2D eigenvalue weighted by molar-refractivity contribution is 0.0893. The van der Waals surface area contributed by atoms with Crippen molar-refractivity contribution in [3.8, 4) is 0 Å². The van der Waals surface area contributed by atoms with E-state index in [4.69, 9.17) is 0 Å². The Balaban J connectivity index is 2.04. The van der Waals surface area contributed by atoms with Crippen molar-refractivity contribution in [2.45, 2.75) is 38.7 Å². The molecule has 1 aromatic carbocycles. The molecule has 2 rings (SSSR count). The predicted octanol–water partition coefficient (Wildman–Crippen LogP) is 3.93. The van der Waals surface area contributed by atoms with Gasteiger partial charge >= 0.3 is 0 Å². The van der Waals surface area contributed by atoms with Crippen LogP contribution in [0, 0.1) is 17.7 Å². The lowest BCUT2D eigenvalue weighted by atomic mass is 9.88. The van der Waals surface area contributed by atoms with Gasteiger partial charge in [0.05, 0.1) is 6.10 Å². The molecule has 1 aliphatic rings. The maximum absolute atomic E-state index is 13.7. The molecule has 0 heterocycles. The van der Waals surface area contributed by atoms with Crippen molar-refractivity contribution in [3.05, 3.63) is 34.1 Å². The highest BCUT2D eigenvalue weighted by atomic mass is 79.9. The molecule has 3 heteroatoms. The molecule has 1 N–H and O–H groups in total. The minimum Gasteiger partial charge on any atom is -0.392 e. The average molecular weight is 301 g/mol. The number of hydrogen-bond donors (Lipinski definition) is 1. The van der Waals surface area contributed by atoms with Gasteiger partial charge in [-0.25, -0.2) is 4.39 Å². The summed E-state index contributed by atoms with van der Waals surface area (Å²) in [5.41, 5.74) is 0.611. The van der Waals surface area contributed by atoms with Crippen LogP contribution in [0.15, 0.2) is 22.7 Å². The first-order chi connectivity index (χ1) is 8.08. The lowest BCUT2D eigenvalue weighted by Crippen LogP contribution is -2.25. The van der Waals surface area contributed by atoms with E-state index in [0.717, 1.165) is 10.9 Å². The molecule has 0 radical (unpaired) electrons. The zero-order valence-electron chi connectivity index (χ0n) is 10.00. The molecular formula is C14H18BrFO. The summed E-state index contributed by atoms with van der Waals surface area (Å²) >= 11 is 3.24. The second kappa shape index (κ2) is 5.49. The van der Waals surface area contributed by atoms with Gasteiger partial charge in [0.25, 0.3) is 0 Å². The second-order valence-corrected chi connectivity index (χ2v) is 5.99. The lowest BCUT2D eigenvalue weighted by Gasteiger charge is -2.22. The number of aliphatic hydroxyl groups is 1. The van der Waals surface area contributed by atoms with Crippen LogP contribution >= 0.6 is 15.9 Å². The first-order valence-corrected chi connectivity index (χ1v) is 6.99. The zero-order valence-corrected chi connectivity index (χ0v) is 11.6. The molecule has 1 aromatic rings. The SMILES string of the molecule is CC1CCCC1C(O)Cc1ccc(Br)cc1F. The second-order valence-electron chi connectivity index (χ2n) is 5.08. The van der Waals surface area contributed by atoms with E-state index < -0.39 is 6.10 Å². The van der Waals surface area contributed by atoms with E-state index in [1.54, 1.807) is 6.07 Å². The Kier molecular flexibility index (Phi) is 4.21. The number of hydrogen-bond acceptors (Lipinski definition) is 1. The fraction of sp³-hybridized carbons (Fsp3) is 0.571. The molecule has 0 spiro atoms. The van der Waals surface area contributed by atoms with Crippen LogP contribution in [0.5, 0.6) is 0 Å². The van der Waals surface area contributed by atoms with Crippen molar-refractivity contribution in [2.24, 2.45) is 11.8 Å². The fourth-order valence-corrected chi connectivity index (χ4v) is 3.14. The highest BCUT2D eigenvalue weighted by Crippen LogP contribution is 2.35. The van der Waals surface area contributed by atoms with Gasteiger partial charge in [-0.3, -0.25) is 0 Å². The van der Waals surface area contributed by atoms with Crippen LogP contribution in [0.3, 0.4) is 0 Å². The normalized spacial score (nSPS) is 26.1. The summed E-state index contributed by atoms with van der Waals surface area (Å²) in [4.78, 5) is 0. The highest BCUT2D eigenvalue weighted by molar-refractivity contribution is 9.10. The van der Waals surface area contributed by atoms with Gasteiger partial charge in [-0.15, -0.1) is 0 Å². The molecule has 0 bridgehead atoms. The van der Waals surface area contributed by atoms with E-state index >= 15 is 0 Å². The van der Waals surface area contributed by atoms with E-state index in [1.165, 1.54) is 18.9 Å². The number of benzene rings is 1. The van der Waals surface area contributed by atoms with Gasteiger partial charge in [0, 0.05) is 10.9 Å². The van der Waals surface area contributed by atoms with Gasteiger partial charge < -0.3 is 5.11 Å². The van der Waals surface area contributed by atoms with Gasteiger partial charge in [0.1, 0.15) is 5.82 Å². The summed E-state index contributed by atoms with van der Waals surface area (Å²) in [5, 5.41) is 10.2. The molecule has 1 aliphatic carbocycles. The molecule has 17 heavy (non-hydrogen) atoms. The minimum atomic E-state index is -0.414. The van der Waals surface area contributed by atoms with Crippen molar-refractivity contribution < 1.29 is 9.50 Å². The van der Waals surface area contributed by atoms with E-state index in [2.05, 4.69) is 22.9 Å². The first-order valence-electron chi connectivity index (χ1n) is 6.20. The Hall–Kier alpha value is -0.410. The van der Waals surface area contributed by atoms with Crippen LogP contribution in [-0.4, -0.2) is 11.2 Å². The van der Waals surface area contributed by atoms with E-state index in [0.29, 0.717) is 23.8 Å². The summed E-state index contributed by atoms with van der Waals surface area (Å²) < 4.78 is 14.4. The van der Waals surface area contributed by atoms with Gasteiger partial charge in [-0.1, -0.05) is 41.8 Å². The summed E-state index contributed by atoms with van der Waals surface area (Å²) in [7, 11) is 0. The van der Waals surface area contributed by atoms with Gasteiger partial charge in [0.15, 0.2) is 0 Å². The van der Waals surface area contributed by atoms with Crippen LogP contribution in [0.2, 0.25) is 0 Å². The molecule has 1 saturated carbocycles. The summed E-state index contributed by atoms with van der Waals surface area (Å²) in [6.07, 6.45) is 3.45. The monoisotopic (exact) mass is 300 g/mol. The average Bonchev–Trinajstić information content (AvgIpc) is 2.68. The minimum absolute atomic E-state index is 0.232. The Labute approximate surface area is 110 Å². The maximum Gasteiger partial charge on any atom is 0.127 e. The Morgan fingerprint density at radius 1 is 1.47 bits per heavy atom. The zero-order chi connectivity index (χ0) is 12.4. The topological polar surface area (TPSA) is 20.2 Å². The fourth-order valence-electron chi connectivity index (χ4n) is 2.81. The number of aliphatic hydroxyl groups excluding tert-OH is 1. The molecule has 0 saturated heterocycles. The molecule has 3 unspecified atom stereocenters. The molecule has 1 nitrogen and oxygen atoms in total. The molecule has 3 atom stereocenters. The largest absolute Gasteiger partial charge is 0.392 e. The van der Waals surface area contributed by atoms with Crippen molar-refractivity contribution in [1.82, 2.24) is 0 Å². The Morgan fingerprint density at radius 2 is 2.24 bits per heavy atom. The van der Waals surface area contributed by atoms with Crippen molar-refractivity contribution in [2.75, 3.05) is 0 Å². The van der Waals surface area contributed by atoms with Gasteiger partial charge in [0.2, 0.25) is 0 Å². The molecule has 94 valence electrons. The third-order valence-corrected chi connectivity index (χ3v) is 4.36. The Bertz CT molecular complexity index is 394. The van der Waals surface area contributed by atoms with Crippen molar-refractivity contribution >= 4 is 15.9 Å². The number of rotatable bonds is 3. The third kappa shape index (κ3) is 3.08. The van der Waals surface area contributed by atoms with Crippen molar-refractivity contribution in [1.29, 1.82) is 0 Å². The van der Waals surface area contributed by atoms with Crippen LogP contribution in [0.1, 0.15) is 31.7 Å². The Morgan fingerprint density at radius 3 is 2.82 bits per heavy atom. The summed E-state index contributed by atoms with van der Waals surface area (Å²) in [6, 6.07) is 5.03. The van der Waals surface area contributed by atoms with Crippen LogP contribution in [0.4, 0.5) is 4.39 Å². The molecule has 0 amide bonds. The molecule has 0 aromatic heterocycles. The molecular weight excluding hydrogens is 283 g/mol. The van der Waals surface area contributed by atoms with Crippen LogP contribution < -0.4 is 0 Å². The highest BCUT2D eigenvalue weighted by Gasteiger charge is 2.30. The molecule has 0 aliphatic heterocycles.